The molecule has 2 rings (SSSR count). The van der Waals surface area contributed by atoms with Crippen molar-refractivity contribution in [1.82, 2.24) is 4.98 Å². The predicted molar refractivity (Wildman–Crippen MR) is 86.8 cm³/mol. The standard InChI is InChI=1S/C17H23N3/c1-10-7-11(2)14(5)17(13(10)4)20(6)16-8-12(3)15(18)9-19-16/h7-9H,18H2,1-6H3. The van der Waals surface area contributed by atoms with Crippen LogP contribution in [-0.2, 0) is 0 Å². The second kappa shape index (κ2) is 5.16. The van der Waals surface area contributed by atoms with Gasteiger partial charge in [-0.1, -0.05) is 6.07 Å². The van der Waals surface area contributed by atoms with E-state index < -0.39 is 0 Å². The molecule has 1 heterocycles. The second-order valence-electron chi connectivity index (χ2n) is 5.57. The van der Waals surface area contributed by atoms with Gasteiger partial charge in [0.25, 0.3) is 0 Å². The predicted octanol–water partition coefficient (Wildman–Crippen LogP) is 3.97. The molecule has 0 saturated heterocycles. The van der Waals surface area contributed by atoms with Crippen molar-refractivity contribution in [3.05, 3.63) is 46.1 Å². The van der Waals surface area contributed by atoms with Gasteiger partial charge >= 0.3 is 0 Å². The van der Waals surface area contributed by atoms with E-state index in [1.54, 1.807) is 6.20 Å². The highest BCUT2D eigenvalue weighted by Crippen LogP contribution is 2.33. The molecule has 0 radical (unpaired) electrons. The number of nitrogens with two attached hydrogens (primary N) is 1. The van der Waals surface area contributed by atoms with Gasteiger partial charge in [0.2, 0.25) is 0 Å². The van der Waals surface area contributed by atoms with Crippen molar-refractivity contribution in [3.8, 4) is 0 Å². The van der Waals surface area contributed by atoms with E-state index >= 15 is 0 Å². The molecule has 0 aliphatic heterocycles. The Morgan fingerprint density at radius 1 is 0.900 bits per heavy atom. The zero-order chi connectivity index (χ0) is 15.0. The van der Waals surface area contributed by atoms with E-state index in [2.05, 4.69) is 50.7 Å². The summed E-state index contributed by atoms with van der Waals surface area (Å²) in [5.74, 6) is 0.924. The third-order valence-corrected chi connectivity index (χ3v) is 4.14. The van der Waals surface area contributed by atoms with E-state index in [0.29, 0.717) is 0 Å². The molecule has 0 bridgehead atoms. The molecule has 2 N–H and O–H groups in total. The average molecular weight is 269 g/mol. The van der Waals surface area contributed by atoms with Crippen LogP contribution in [0, 0.1) is 34.6 Å². The number of hydrogen-bond acceptors (Lipinski definition) is 3. The highest BCUT2D eigenvalue weighted by Gasteiger charge is 2.15. The summed E-state index contributed by atoms with van der Waals surface area (Å²) >= 11 is 0. The van der Waals surface area contributed by atoms with Crippen LogP contribution >= 0.6 is 0 Å². The van der Waals surface area contributed by atoms with Gasteiger partial charge in [-0.15, -0.1) is 0 Å². The van der Waals surface area contributed by atoms with Crippen molar-refractivity contribution < 1.29 is 0 Å². The molecule has 1 aromatic carbocycles. The number of pyridine rings is 1. The van der Waals surface area contributed by atoms with Gasteiger partial charge in [-0.05, 0) is 68.5 Å². The monoisotopic (exact) mass is 269 g/mol. The number of nitrogens with zero attached hydrogens (tertiary/aromatic N) is 2. The molecule has 3 nitrogen and oxygen atoms in total. The van der Waals surface area contributed by atoms with E-state index in [4.69, 9.17) is 5.73 Å². The molecule has 1 aromatic heterocycles. The molecule has 0 spiro atoms. The summed E-state index contributed by atoms with van der Waals surface area (Å²) in [4.78, 5) is 6.61. The van der Waals surface area contributed by atoms with E-state index in [1.165, 1.54) is 27.9 Å². The number of benzene rings is 1. The fourth-order valence-corrected chi connectivity index (χ4v) is 2.55. The maximum atomic E-state index is 5.85. The normalized spacial score (nSPS) is 10.7. The molecule has 0 saturated carbocycles. The number of rotatable bonds is 2. The minimum Gasteiger partial charge on any atom is -0.397 e. The Morgan fingerprint density at radius 3 is 1.95 bits per heavy atom. The summed E-state index contributed by atoms with van der Waals surface area (Å²) in [5.41, 5.74) is 14.1. The fraction of sp³-hybridized carbons (Fsp3) is 0.353. The number of aryl methyl sites for hydroxylation is 3. The number of nitrogen functional groups attached to an aromatic ring is 1. The van der Waals surface area contributed by atoms with E-state index in [9.17, 15) is 0 Å². The van der Waals surface area contributed by atoms with Gasteiger partial charge in [-0.25, -0.2) is 4.98 Å². The SMILES string of the molecule is Cc1cc(N(C)c2c(C)c(C)cc(C)c2C)ncc1N. The lowest BCUT2D eigenvalue weighted by molar-refractivity contribution is 1.08. The van der Waals surface area contributed by atoms with E-state index in [1.807, 2.05) is 13.0 Å². The first kappa shape index (κ1) is 14.4. The second-order valence-corrected chi connectivity index (χ2v) is 5.57. The third-order valence-electron chi connectivity index (χ3n) is 4.14. The molecule has 3 heteroatoms. The number of anilines is 3. The van der Waals surface area contributed by atoms with Crippen molar-refractivity contribution in [2.24, 2.45) is 0 Å². The Morgan fingerprint density at radius 2 is 1.45 bits per heavy atom. The molecule has 0 amide bonds. The maximum absolute atomic E-state index is 5.85. The van der Waals surface area contributed by atoms with Gasteiger partial charge in [-0.2, -0.15) is 0 Å². The van der Waals surface area contributed by atoms with Gasteiger partial charge in [-0.3, -0.25) is 0 Å². The van der Waals surface area contributed by atoms with Crippen molar-refractivity contribution in [2.45, 2.75) is 34.6 Å². The lowest BCUT2D eigenvalue weighted by Gasteiger charge is -2.25. The highest BCUT2D eigenvalue weighted by atomic mass is 15.2. The fourth-order valence-electron chi connectivity index (χ4n) is 2.55. The van der Waals surface area contributed by atoms with E-state index in [0.717, 1.165) is 17.1 Å². The smallest absolute Gasteiger partial charge is 0.133 e. The third kappa shape index (κ3) is 2.36. The van der Waals surface area contributed by atoms with Crippen LogP contribution in [0.3, 0.4) is 0 Å². The first-order valence-electron chi connectivity index (χ1n) is 6.86. The molecule has 0 aliphatic carbocycles. The van der Waals surface area contributed by atoms with Crippen LogP contribution < -0.4 is 10.6 Å². The number of hydrogen-bond donors (Lipinski definition) is 1. The summed E-state index contributed by atoms with van der Waals surface area (Å²) in [6.07, 6.45) is 1.73. The van der Waals surface area contributed by atoms with Gasteiger partial charge in [0.1, 0.15) is 5.82 Å². The maximum Gasteiger partial charge on any atom is 0.133 e. The van der Waals surface area contributed by atoms with Crippen molar-refractivity contribution in [1.29, 1.82) is 0 Å². The van der Waals surface area contributed by atoms with E-state index in [-0.39, 0.29) is 0 Å². The lowest BCUT2D eigenvalue weighted by atomic mass is 9.98. The molecular weight excluding hydrogens is 246 g/mol. The van der Waals surface area contributed by atoms with Gasteiger partial charge in [0.15, 0.2) is 0 Å². The summed E-state index contributed by atoms with van der Waals surface area (Å²) in [7, 11) is 2.06. The van der Waals surface area contributed by atoms with Crippen LogP contribution in [0.2, 0.25) is 0 Å². The molecule has 0 unspecified atom stereocenters. The summed E-state index contributed by atoms with van der Waals surface area (Å²) in [6.45, 7) is 10.6. The molecule has 20 heavy (non-hydrogen) atoms. The van der Waals surface area contributed by atoms with Crippen LogP contribution in [0.15, 0.2) is 18.3 Å². The molecule has 2 aromatic rings. The Bertz CT molecular complexity index is 634. The minimum atomic E-state index is 0.732. The average Bonchev–Trinajstić information content (AvgIpc) is 2.40. The Balaban J connectivity index is 2.58. The molecule has 0 atom stereocenters. The molecule has 0 aliphatic rings. The van der Waals surface area contributed by atoms with Gasteiger partial charge in [0.05, 0.1) is 11.9 Å². The van der Waals surface area contributed by atoms with Crippen LogP contribution in [0.25, 0.3) is 0 Å². The minimum absolute atomic E-state index is 0.732. The highest BCUT2D eigenvalue weighted by molar-refractivity contribution is 5.70. The summed E-state index contributed by atoms with van der Waals surface area (Å²) in [6, 6.07) is 4.27. The van der Waals surface area contributed by atoms with Gasteiger partial charge < -0.3 is 10.6 Å². The summed E-state index contributed by atoms with van der Waals surface area (Å²) in [5, 5.41) is 0. The van der Waals surface area contributed by atoms with Crippen molar-refractivity contribution in [2.75, 3.05) is 17.7 Å². The Labute approximate surface area is 121 Å². The van der Waals surface area contributed by atoms with Crippen molar-refractivity contribution in [3.63, 3.8) is 0 Å². The molecule has 0 fully saturated rings. The first-order valence-corrected chi connectivity index (χ1v) is 6.86. The van der Waals surface area contributed by atoms with Crippen LogP contribution in [-0.4, -0.2) is 12.0 Å². The van der Waals surface area contributed by atoms with Crippen molar-refractivity contribution >= 4 is 17.2 Å². The number of aromatic nitrogens is 1. The van der Waals surface area contributed by atoms with Gasteiger partial charge in [0, 0.05) is 12.7 Å². The quantitative estimate of drug-likeness (QED) is 0.897. The molecule has 106 valence electrons. The van der Waals surface area contributed by atoms with Crippen LogP contribution in [0.1, 0.15) is 27.8 Å². The molecular formula is C17H23N3. The van der Waals surface area contributed by atoms with Crippen LogP contribution in [0.5, 0.6) is 0 Å². The first-order chi connectivity index (χ1) is 9.32. The summed E-state index contributed by atoms with van der Waals surface area (Å²) < 4.78 is 0. The van der Waals surface area contributed by atoms with Crippen LogP contribution in [0.4, 0.5) is 17.2 Å². The zero-order valence-corrected chi connectivity index (χ0v) is 13.2. The Hall–Kier alpha value is -2.03. The largest absolute Gasteiger partial charge is 0.397 e. The zero-order valence-electron chi connectivity index (χ0n) is 13.2. The Kier molecular flexibility index (Phi) is 3.71. The lowest BCUT2D eigenvalue weighted by Crippen LogP contribution is -2.15. The topological polar surface area (TPSA) is 42.2 Å².